The van der Waals surface area contributed by atoms with E-state index in [1.807, 2.05) is 43.4 Å². The maximum absolute atomic E-state index is 11.5. The molecule has 0 bridgehead atoms. The van der Waals surface area contributed by atoms with Gasteiger partial charge in [0.15, 0.2) is 0 Å². The topological polar surface area (TPSA) is 64.8 Å². The average Bonchev–Trinajstić information content (AvgIpc) is 2.57. The predicted molar refractivity (Wildman–Crippen MR) is 92.1 cm³/mol. The van der Waals surface area contributed by atoms with Crippen molar-refractivity contribution in [3.8, 4) is 5.75 Å². The highest BCUT2D eigenvalue weighted by Gasteiger charge is 2.23. The monoisotopic (exact) mass is 326 g/mol. The molecule has 1 aliphatic heterocycles. The lowest BCUT2D eigenvalue weighted by Crippen LogP contribution is -2.28. The van der Waals surface area contributed by atoms with E-state index < -0.39 is 5.91 Å². The van der Waals surface area contributed by atoms with Crippen molar-refractivity contribution in [2.75, 3.05) is 27.3 Å². The predicted octanol–water partition coefficient (Wildman–Crippen LogP) is 2.35. The van der Waals surface area contributed by atoms with Crippen molar-refractivity contribution < 1.29 is 14.3 Å². The van der Waals surface area contributed by atoms with E-state index in [-0.39, 0.29) is 6.10 Å². The number of carbonyl (C=O) groups excluding carboxylic acids is 1. The number of rotatable bonds is 3. The summed E-state index contributed by atoms with van der Waals surface area (Å²) < 4.78 is 11.5. The number of hydrogen-bond donors (Lipinski definition) is 1. The second-order valence-corrected chi connectivity index (χ2v) is 6.04. The van der Waals surface area contributed by atoms with E-state index >= 15 is 0 Å². The number of amides is 1. The lowest BCUT2D eigenvalue weighted by Gasteiger charge is -2.29. The summed E-state index contributed by atoms with van der Waals surface area (Å²) in [6.07, 6.45) is -0.189. The van der Waals surface area contributed by atoms with Gasteiger partial charge in [-0.2, -0.15) is 0 Å². The molecule has 0 aliphatic carbocycles. The van der Waals surface area contributed by atoms with E-state index in [9.17, 15) is 4.79 Å². The summed E-state index contributed by atoms with van der Waals surface area (Å²) in [6, 6.07) is 13.5. The maximum atomic E-state index is 11.5. The molecule has 0 fully saturated rings. The van der Waals surface area contributed by atoms with Crippen LogP contribution in [0.1, 0.15) is 33.2 Å². The standard InChI is InChI=1S/C19H22N2O3/c1-21-8-9-24-18(13-4-3-5-16(11-13)23-2)17-7-6-14(19(20)22)10-15(17)12-21/h3-7,10-11,18H,8-9,12H2,1-2H3,(H2,20,22)/t18-/m1/s1. The van der Waals surface area contributed by atoms with E-state index in [0.29, 0.717) is 12.2 Å². The molecule has 3 rings (SSSR count). The van der Waals surface area contributed by atoms with Gasteiger partial charge in [-0.25, -0.2) is 0 Å². The molecule has 1 amide bonds. The zero-order valence-corrected chi connectivity index (χ0v) is 14.0. The smallest absolute Gasteiger partial charge is 0.248 e. The van der Waals surface area contributed by atoms with Crippen LogP contribution in [0.3, 0.4) is 0 Å². The first-order valence-electron chi connectivity index (χ1n) is 7.95. The number of hydrogen-bond acceptors (Lipinski definition) is 4. The number of benzene rings is 2. The van der Waals surface area contributed by atoms with Gasteiger partial charge in [0.05, 0.1) is 13.7 Å². The van der Waals surface area contributed by atoms with Gasteiger partial charge in [-0.1, -0.05) is 18.2 Å². The van der Waals surface area contributed by atoms with Crippen LogP contribution in [0.15, 0.2) is 42.5 Å². The first-order valence-corrected chi connectivity index (χ1v) is 7.95. The van der Waals surface area contributed by atoms with Crippen molar-refractivity contribution in [1.82, 2.24) is 4.90 Å². The van der Waals surface area contributed by atoms with Gasteiger partial charge < -0.3 is 15.2 Å². The second-order valence-electron chi connectivity index (χ2n) is 6.04. The first kappa shape index (κ1) is 16.5. The van der Waals surface area contributed by atoms with Crippen molar-refractivity contribution in [1.29, 1.82) is 0 Å². The maximum Gasteiger partial charge on any atom is 0.248 e. The second kappa shape index (κ2) is 7.03. The highest BCUT2D eigenvalue weighted by atomic mass is 16.5. The first-order chi connectivity index (χ1) is 11.6. The Morgan fingerprint density at radius 3 is 2.88 bits per heavy atom. The zero-order chi connectivity index (χ0) is 17.1. The van der Waals surface area contributed by atoms with E-state index in [1.165, 1.54) is 0 Å². The molecule has 0 saturated carbocycles. The van der Waals surface area contributed by atoms with Crippen molar-refractivity contribution in [3.05, 3.63) is 64.7 Å². The molecule has 0 spiro atoms. The fourth-order valence-electron chi connectivity index (χ4n) is 3.02. The number of nitrogens with two attached hydrogens (primary N) is 1. The highest BCUT2D eigenvalue weighted by molar-refractivity contribution is 5.93. The number of methoxy groups -OCH3 is 1. The van der Waals surface area contributed by atoms with Crippen molar-refractivity contribution in [2.24, 2.45) is 5.73 Å². The minimum absolute atomic E-state index is 0.189. The Hall–Kier alpha value is -2.37. The van der Waals surface area contributed by atoms with E-state index in [4.69, 9.17) is 15.2 Å². The van der Waals surface area contributed by atoms with Gasteiger partial charge in [0.1, 0.15) is 11.9 Å². The molecule has 1 heterocycles. The Balaban J connectivity index is 2.07. The van der Waals surface area contributed by atoms with Crippen molar-refractivity contribution in [3.63, 3.8) is 0 Å². The molecule has 1 aliphatic rings. The van der Waals surface area contributed by atoms with Crippen LogP contribution >= 0.6 is 0 Å². The van der Waals surface area contributed by atoms with Gasteiger partial charge in [-0.05, 0) is 48.0 Å². The van der Waals surface area contributed by atoms with Crippen LogP contribution in [0.2, 0.25) is 0 Å². The molecular formula is C19H22N2O3. The Bertz CT molecular complexity index is 745. The summed E-state index contributed by atoms with van der Waals surface area (Å²) in [5, 5.41) is 0. The summed E-state index contributed by atoms with van der Waals surface area (Å²) in [4.78, 5) is 13.7. The van der Waals surface area contributed by atoms with Crippen LogP contribution in [-0.4, -0.2) is 38.1 Å². The quantitative estimate of drug-likeness (QED) is 0.940. The third kappa shape index (κ3) is 3.42. The molecule has 2 aromatic rings. The van der Waals surface area contributed by atoms with Gasteiger partial charge in [0.2, 0.25) is 5.91 Å². The number of fused-ring (bicyclic) bond motifs is 1. The van der Waals surface area contributed by atoms with Gasteiger partial charge in [0.25, 0.3) is 0 Å². The normalized spacial score (nSPS) is 18.3. The summed E-state index contributed by atoms with van der Waals surface area (Å²) in [7, 11) is 3.69. The highest BCUT2D eigenvalue weighted by Crippen LogP contribution is 2.32. The molecule has 0 aromatic heterocycles. The van der Waals surface area contributed by atoms with E-state index in [0.717, 1.165) is 35.5 Å². The third-order valence-electron chi connectivity index (χ3n) is 4.30. The molecule has 5 nitrogen and oxygen atoms in total. The summed E-state index contributed by atoms with van der Waals surface area (Å²) in [5.74, 6) is 0.381. The lowest BCUT2D eigenvalue weighted by atomic mass is 9.94. The van der Waals surface area contributed by atoms with E-state index in [2.05, 4.69) is 4.90 Å². The number of primary amides is 1. The molecule has 2 aromatic carbocycles. The van der Waals surface area contributed by atoms with Gasteiger partial charge in [-0.15, -0.1) is 0 Å². The average molecular weight is 326 g/mol. The fraction of sp³-hybridized carbons (Fsp3) is 0.316. The molecule has 2 N–H and O–H groups in total. The number of likely N-dealkylation sites (N-methyl/N-ethyl adjacent to an activating group) is 1. The zero-order valence-electron chi connectivity index (χ0n) is 14.0. The number of carbonyl (C=O) groups is 1. The Kier molecular flexibility index (Phi) is 4.83. The lowest BCUT2D eigenvalue weighted by molar-refractivity contribution is 0.0552. The fourth-order valence-corrected chi connectivity index (χ4v) is 3.02. The number of nitrogens with zero attached hydrogens (tertiary/aromatic N) is 1. The van der Waals surface area contributed by atoms with Gasteiger partial charge in [-0.3, -0.25) is 9.69 Å². The molecular weight excluding hydrogens is 304 g/mol. The Morgan fingerprint density at radius 1 is 1.29 bits per heavy atom. The van der Waals surface area contributed by atoms with Crippen LogP contribution in [0, 0.1) is 0 Å². The SMILES string of the molecule is COc1cccc([C@H]2OCCN(C)Cc3cc(C(N)=O)ccc32)c1. The molecule has 1 atom stereocenters. The molecule has 126 valence electrons. The molecule has 0 unspecified atom stereocenters. The Labute approximate surface area is 142 Å². The van der Waals surface area contributed by atoms with Gasteiger partial charge >= 0.3 is 0 Å². The van der Waals surface area contributed by atoms with E-state index in [1.54, 1.807) is 13.2 Å². The molecule has 0 radical (unpaired) electrons. The van der Waals surface area contributed by atoms with Crippen LogP contribution < -0.4 is 10.5 Å². The third-order valence-corrected chi connectivity index (χ3v) is 4.30. The molecule has 5 heteroatoms. The van der Waals surface area contributed by atoms with Crippen LogP contribution in [0.25, 0.3) is 0 Å². The Morgan fingerprint density at radius 2 is 2.12 bits per heavy atom. The van der Waals surface area contributed by atoms with Crippen molar-refractivity contribution in [2.45, 2.75) is 12.6 Å². The van der Waals surface area contributed by atoms with Gasteiger partial charge in [0, 0.05) is 18.7 Å². The summed E-state index contributed by atoms with van der Waals surface area (Å²) >= 11 is 0. The summed E-state index contributed by atoms with van der Waals surface area (Å²) in [6.45, 7) is 2.20. The molecule has 0 saturated heterocycles. The van der Waals surface area contributed by atoms with Crippen LogP contribution in [0.5, 0.6) is 5.75 Å². The minimum Gasteiger partial charge on any atom is -0.497 e. The van der Waals surface area contributed by atoms with Crippen molar-refractivity contribution >= 4 is 5.91 Å². The summed E-state index contributed by atoms with van der Waals surface area (Å²) in [5.41, 5.74) is 9.10. The van der Waals surface area contributed by atoms with Crippen LogP contribution in [-0.2, 0) is 11.3 Å². The molecule has 24 heavy (non-hydrogen) atoms. The number of ether oxygens (including phenoxy) is 2. The van der Waals surface area contributed by atoms with Crippen LogP contribution in [0.4, 0.5) is 0 Å². The largest absolute Gasteiger partial charge is 0.497 e. The minimum atomic E-state index is -0.415.